The Kier molecular flexibility index (Phi) is 6.88. The number of rotatable bonds is 6. The zero-order valence-corrected chi connectivity index (χ0v) is 15.2. The zero-order chi connectivity index (χ0) is 18.2. The first-order chi connectivity index (χ1) is 12.0. The number of nitriles is 1. The summed E-state index contributed by atoms with van der Waals surface area (Å²) < 4.78 is 0. The number of carbonyl (C=O) groups is 1. The molecule has 0 atom stereocenters. The van der Waals surface area contributed by atoms with Crippen molar-refractivity contribution in [1.82, 2.24) is 5.32 Å². The van der Waals surface area contributed by atoms with E-state index in [0.29, 0.717) is 22.3 Å². The highest BCUT2D eigenvalue weighted by Gasteiger charge is 2.10. The molecule has 2 aromatic carbocycles. The molecular weight excluding hydrogens is 357 g/mol. The molecule has 2 aromatic rings. The van der Waals surface area contributed by atoms with E-state index in [1.54, 1.807) is 12.1 Å². The minimum absolute atomic E-state index is 0.0177. The van der Waals surface area contributed by atoms with Crippen molar-refractivity contribution < 1.29 is 4.79 Å². The van der Waals surface area contributed by atoms with Crippen LogP contribution < -0.4 is 10.6 Å². The van der Waals surface area contributed by atoms with Crippen molar-refractivity contribution in [2.75, 3.05) is 11.9 Å². The molecule has 128 valence electrons. The highest BCUT2D eigenvalue weighted by Crippen LogP contribution is 2.25. The molecule has 4 nitrogen and oxygen atoms in total. The van der Waals surface area contributed by atoms with E-state index in [0.717, 1.165) is 6.42 Å². The fraction of sp³-hybridized carbons (Fsp3) is 0.158. The summed E-state index contributed by atoms with van der Waals surface area (Å²) in [6.07, 6.45) is 2.22. The summed E-state index contributed by atoms with van der Waals surface area (Å²) in [5.74, 6) is -0.510. The summed E-state index contributed by atoms with van der Waals surface area (Å²) in [6, 6.07) is 14.7. The van der Waals surface area contributed by atoms with Crippen LogP contribution in [0.25, 0.3) is 0 Å². The maximum absolute atomic E-state index is 12.1. The first-order valence-corrected chi connectivity index (χ1v) is 8.41. The van der Waals surface area contributed by atoms with Crippen molar-refractivity contribution in [3.63, 3.8) is 0 Å². The van der Waals surface area contributed by atoms with Crippen molar-refractivity contribution in [2.45, 2.75) is 13.3 Å². The third kappa shape index (κ3) is 5.53. The van der Waals surface area contributed by atoms with E-state index >= 15 is 0 Å². The van der Waals surface area contributed by atoms with Gasteiger partial charge < -0.3 is 10.6 Å². The Bertz CT molecular complexity index is 841. The van der Waals surface area contributed by atoms with E-state index in [1.165, 1.54) is 23.4 Å². The van der Waals surface area contributed by atoms with Crippen LogP contribution >= 0.6 is 23.2 Å². The van der Waals surface area contributed by atoms with Gasteiger partial charge in [0.05, 0.1) is 10.0 Å². The highest BCUT2D eigenvalue weighted by atomic mass is 35.5. The minimum atomic E-state index is -0.510. The molecule has 0 unspecified atom stereocenters. The predicted octanol–water partition coefficient (Wildman–Crippen LogP) is 4.48. The predicted molar refractivity (Wildman–Crippen MR) is 102 cm³/mol. The Morgan fingerprint density at radius 2 is 1.96 bits per heavy atom. The molecule has 6 heteroatoms. The van der Waals surface area contributed by atoms with Gasteiger partial charge in [0, 0.05) is 18.4 Å². The second-order valence-electron chi connectivity index (χ2n) is 5.38. The highest BCUT2D eigenvalue weighted by molar-refractivity contribution is 6.42. The quantitative estimate of drug-likeness (QED) is 0.445. The summed E-state index contributed by atoms with van der Waals surface area (Å²) >= 11 is 11.7. The van der Waals surface area contributed by atoms with Crippen LogP contribution in [0.2, 0.25) is 10.0 Å². The van der Waals surface area contributed by atoms with E-state index in [1.807, 2.05) is 18.2 Å². The Labute approximate surface area is 157 Å². The molecule has 0 aliphatic heterocycles. The van der Waals surface area contributed by atoms with Gasteiger partial charge in [-0.2, -0.15) is 5.26 Å². The van der Waals surface area contributed by atoms with Gasteiger partial charge in [-0.15, -0.1) is 0 Å². The lowest BCUT2D eigenvalue weighted by atomic mass is 10.1. The number of hydrogen-bond acceptors (Lipinski definition) is 3. The molecule has 0 aromatic heterocycles. The number of hydrogen-bond donors (Lipinski definition) is 2. The SMILES string of the molecule is Cc1ccccc1CCN/C=C(/C#N)C(=O)Nc1ccc(Cl)c(Cl)c1. The van der Waals surface area contributed by atoms with Crippen LogP contribution in [0.4, 0.5) is 5.69 Å². The largest absolute Gasteiger partial charge is 0.389 e. The van der Waals surface area contributed by atoms with Crippen molar-refractivity contribution >= 4 is 34.8 Å². The third-order valence-corrected chi connectivity index (χ3v) is 4.33. The topological polar surface area (TPSA) is 64.9 Å². The minimum Gasteiger partial charge on any atom is -0.389 e. The number of nitrogens with zero attached hydrogens (tertiary/aromatic N) is 1. The molecule has 0 radical (unpaired) electrons. The number of halogens is 2. The summed E-state index contributed by atoms with van der Waals surface area (Å²) in [5, 5.41) is 15.5. The Hall–Kier alpha value is -2.48. The van der Waals surface area contributed by atoms with Gasteiger partial charge in [0.1, 0.15) is 11.6 Å². The Morgan fingerprint density at radius 1 is 1.20 bits per heavy atom. The second kappa shape index (κ2) is 9.12. The smallest absolute Gasteiger partial charge is 0.267 e. The van der Waals surface area contributed by atoms with Crippen molar-refractivity contribution in [2.24, 2.45) is 0 Å². The fourth-order valence-corrected chi connectivity index (χ4v) is 2.49. The summed E-state index contributed by atoms with van der Waals surface area (Å²) in [6.45, 7) is 2.67. The molecule has 0 fully saturated rings. The first kappa shape index (κ1) is 18.9. The number of carbonyl (C=O) groups excluding carboxylic acids is 1. The molecular formula is C19H17Cl2N3O. The van der Waals surface area contributed by atoms with E-state index in [2.05, 4.69) is 29.7 Å². The Morgan fingerprint density at radius 3 is 2.64 bits per heavy atom. The molecule has 0 aliphatic rings. The number of aryl methyl sites for hydroxylation is 1. The van der Waals surface area contributed by atoms with Crippen LogP contribution in [0.3, 0.4) is 0 Å². The summed E-state index contributed by atoms with van der Waals surface area (Å²) in [7, 11) is 0. The fourth-order valence-electron chi connectivity index (χ4n) is 2.19. The van der Waals surface area contributed by atoms with Gasteiger partial charge in [-0.3, -0.25) is 4.79 Å². The number of anilines is 1. The standard InChI is InChI=1S/C19H17Cl2N3O/c1-13-4-2-3-5-14(13)8-9-23-12-15(11-22)19(25)24-16-6-7-17(20)18(21)10-16/h2-7,10,12,23H,8-9H2,1H3,(H,24,25)/b15-12-. The van der Waals surface area contributed by atoms with Crippen LogP contribution in [0.15, 0.2) is 54.2 Å². The molecule has 2 rings (SSSR count). The van der Waals surface area contributed by atoms with Crippen LogP contribution in [-0.4, -0.2) is 12.5 Å². The lowest BCUT2D eigenvalue weighted by Gasteiger charge is -2.07. The average Bonchev–Trinajstić information content (AvgIpc) is 2.59. The monoisotopic (exact) mass is 373 g/mol. The van der Waals surface area contributed by atoms with Crippen LogP contribution in [0.5, 0.6) is 0 Å². The lowest BCUT2D eigenvalue weighted by molar-refractivity contribution is -0.112. The summed E-state index contributed by atoms with van der Waals surface area (Å²) in [5.41, 5.74) is 2.89. The zero-order valence-electron chi connectivity index (χ0n) is 13.6. The van der Waals surface area contributed by atoms with Gasteiger partial charge in [0.15, 0.2) is 0 Å². The Balaban J connectivity index is 1.92. The van der Waals surface area contributed by atoms with E-state index in [-0.39, 0.29) is 5.57 Å². The molecule has 0 saturated heterocycles. The molecule has 0 spiro atoms. The van der Waals surface area contributed by atoms with Crippen molar-refractivity contribution in [3.05, 3.63) is 75.4 Å². The van der Waals surface area contributed by atoms with E-state index < -0.39 is 5.91 Å². The van der Waals surface area contributed by atoms with Gasteiger partial charge in [-0.1, -0.05) is 47.5 Å². The van der Waals surface area contributed by atoms with Crippen LogP contribution in [-0.2, 0) is 11.2 Å². The molecule has 1 amide bonds. The number of benzene rings is 2. The van der Waals surface area contributed by atoms with Gasteiger partial charge in [0.2, 0.25) is 0 Å². The lowest BCUT2D eigenvalue weighted by Crippen LogP contribution is -2.18. The van der Waals surface area contributed by atoms with Gasteiger partial charge >= 0.3 is 0 Å². The molecule has 0 bridgehead atoms. The second-order valence-corrected chi connectivity index (χ2v) is 6.20. The van der Waals surface area contributed by atoms with Crippen molar-refractivity contribution in [3.8, 4) is 6.07 Å². The van der Waals surface area contributed by atoms with Crippen LogP contribution in [0.1, 0.15) is 11.1 Å². The normalized spacial score (nSPS) is 10.9. The number of nitrogens with one attached hydrogen (secondary N) is 2. The molecule has 0 saturated carbocycles. The van der Waals surface area contributed by atoms with Gasteiger partial charge in [0.25, 0.3) is 5.91 Å². The van der Waals surface area contributed by atoms with Crippen molar-refractivity contribution in [1.29, 1.82) is 5.26 Å². The third-order valence-electron chi connectivity index (χ3n) is 3.59. The molecule has 0 heterocycles. The van der Waals surface area contributed by atoms with Gasteiger partial charge in [-0.25, -0.2) is 0 Å². The maximum Gasteiger partial charge on any atom is 0.267 e. The molecule has 2 N–H and O–H groups in total. The van der Waals surface area contributed by atoms with E-state index in [4.69, 9.17) is 28.5 Å². The average molecular weight is 374 g/mol. The van der Waals surface area contributed by atoms with Crippen LogP contribution in [0, 0.1) is 18.3 Å². The molecule has 0 aliphatic carbocycles. The maximum atomic E-state index is 12.1. The summed E-state index contributed by atoms with van der Waals surface area (Å²) in [4.78, 5) is 12.1. The van der Waals surface area contributed by atoms with Gasteiger partial charge in [-0.05, 0) is 42.7 Å². The first-order valence-electron chi connectivity index (χ1n) is 7.66. The number of amides is 1. The van der Waals surface area contributed by atoms with E-state index in [9.17, 15) is 4.79 Å². The molecule has 25 heavy (non-hydrogen) atoms.